The maximum atomic E-state index is 10.6. The highest BCUT2D eigenvalue weighted by atomic mass is 16.6. The van der Waals surface area contributed by atoms with Gasteiger partial charge < -0.3 is 4.42 Å². The van der Waals surface area contributed by atoms with Gasteiger partial charge in [0.05, 0.1) is 11.6 Å². The Morgan fingerprint density at radius 3 is 2.72 bits per heavy atom. The van der Waals surface area contributed by atoms with Crippen LogP contribution in [0.4, 0.5) is 5.88 Å². The molecular weight excluding hydrogens is 232 g/mol. The average molecular weight is 240 g/mol. The lowest BCUT2D eigenvalue weighted by Crippen LogP contribution is -1.84. The van der Waals surface area contributed by atoms with E-state index >= 15 is 0 Å². The minimum atomic E-state index is -0.549. The van der Waals surface area contributed by atoms with Crippen LogP contribution >= 0.6 is 0 Å². The zero-order chi connectivity index (χ0) is 12.5. The van der Waals surface area contributed by atoms with Crippen LogP contribution in [0, 0.1) is 10.1 Å². The molecular formula is C13H8N2O3. The van der Waals surface area contributed by atoms with Gasteiger partial charge in [0.15, 0.2) is 0 Å². The van der Waals surface area contributed by atoms with Crippen LogP contribution in [0.25, 0.3) is 22.2 Å². The number of nitro groups is 1. The van der Waals surface area contributed by atoms with Gasteiger partial charge in [-0.3, -0.25) is 15.1 Å². The third-order valence-corrected chi connectivity index (χ3v) is 2.69. The van der Waals surface area contributed by atoms with Gasteiger partial charge >= 0.3 is 5.88 Å². The number of rotatable bonds is 2. The molecule has 0 saturated heterocycles. The average Bonchev–Trinajstić information content (AvgIpc) is 2.87. The van der Waals surface area contributed by atoms with Crippen molar-refractivity contribution in [3.05, 3.63) is 58.8 Å². The predicted octanol–water partition coefficient (Wildman–Crippen LogP) is 3.40. The van der Waals surface area contributed by atoms with Crippen LogP contribution in [0.5, 0.6) is 0 Å². The molecule has 0 aliphatic rings. The number of fused-ring (bicyclic) bond motifs is 1. The number of para-hydroxylation sites is 1. The molecule has 0 aliphatic heterocycles. The van der Waals surface area contributed by atoms with Gasteiger partial charge in [0.2, 0.25) is 0 Å². The highest BCUT2D eigenvalue weighted by Crippen LogP contribution is 2.30. The molecule has 0 N–H and O–H groups in total. The lowest BCUT2D eigenvalue weighted by Gasteiger charge is -2.01. The van der Waals surface area contributed by atoms with Gasteiger partial charge in [-0.2, -0.15) is 0 Å². The van der Waals surface area contributed by atoms with E-state index in [9.17, 15) is 10.1 Å². The van der Waals surface area contributed by atoms with Crippen molar-refractivity contribution in [3.8, 4) is 11.3 Å². The molecule has 5 heteroatoms. The Balaban J connectivity index is 2.21. The highest BCUT2D eigenvalue weighted by Gasteiger charge is 2.14. The number of aromatic nitrogens is 1. The fourth-order valence-electron chi connectivity index (χ4n) is 1.88. The quantitative estimate of drug-likeness (QED) is 0.508. The van der Waals surface area contributed by atoms with Gasteiger partial charge in [-0.25, -0.2) is 0 Å². The van der Waals surface area contributed by atoms with Crippen molar-refractivity contribution in [1.29, 1.82) is 0 Å². The molecule has 2 heterocycles. The Morgan fingerprint density at radius 1 is 1.11 bits per heavy atom. The second kappa shape index (κ2) is 3.96. The number of hydrogen-bond acceptors (Lipinski definition) is 4. The number of nitrogens with zero attached hydrogens (tertiary/aromatic N) is 2. The molecule has 88 valence electrons. The second-order valence-electron chi connectivity index (χ2n) is 3.77. The molecule has 0 saturated carbocycles. The van der Waals surface area contributed by atoms with Crippen molar-refractivity contribution < 1.29 is 9.34 Å². The first-order chi connectivity index (χ1) is 8.75. The lowest BCUT2D eigenvalue weighted by atomic mass is 10.1. The normalized spacial score (nSPS) is 10.7. The molecule has 0 fully saturated rings. The van der Waals surface area contributed by atoms with Crippen LogP contribution in [-0.2, 0) is 0 Å². The molecule has 0 aliphatic carbocycles. The third-order valence-electron chi connectivity index (χ3n) is 2.69. The Hall–Kier alpha value is -2.69. The fraction of sp³-hybridized carbons (Fsp3) is 0. The van der Waals surface area contributed by atoms with E-state index in [1.165, 1.54) is 6.07 Å². The Bertz CT molecular complexity index is 728. The molecule has 18 heavy (non-hydrogen) atoms. The van der Waals surface area contributed by atoms with Gasteiger partial charge in [-0.05, 0) is 18.2 Å². The smallest absolute Gasteiger partial charge is 0.401 e. The van der Waals surface area contributed by atoms with Gasteiger partial charge in [-0.15, -0.1) is 0 Å². The molecule has 0 bridgehead atoms. The van der Waals surface area contributed by atoms with E-state index < -0.39 is 4.92 Å². The molecule has 3 rings (SSSR count). The maximum Gasteiger partial charge on any atom is 0.433 e. The first kappa shape index (κ1) is 10.5. The van der Waals surface area contributed by atoms with Crippen molar-refractivity contribution in [1.82, 2.24) is 4.98 Å². The van der Waals surface area contributed by atoms with Crippen LogP contribution in [0.15, 0.2) is 53.1 Å². The van der Waals surface area contributed by atoms with Gasteiger partial charge in [0, 0.05) is 17.1 Å². The Kier molecular flexibility index (Phi) is 2.30. The number of hydrogen-bond donors (Lipinski definition) is 0. The zero-order valence-corrected chi connectivity index (χ0v) is 9.24. The predicted molar refractivity (Wildman–Crippen MR) is 66.1 cm³/mol. The molecule has 1 aromatic carbocycles. The molecule has 0 atom stereocenters. The molecule has 0 radical (unpaired) electrons. The summed E-state index contributed by atoms with van der Waals surface area (Å²) in [7, 11) is 0. The molecule has 5 nitrogen and oxygen atoms in total. The molecule has 3 aromatic rings. The van der Waals surface area contributed by atoms with E-state index in [4.69, 9.17) is 4.42 Å². The Morgan fingerprint density at radius 2 is 1.94 bits per heavy atom. The first-order valence-corrected chi connectivity index (χ1v) is 5.34. The van der Waals surface area contributed by atoms with Crippen molar-refractivity contribution >= 4 is 16.8 Å². The summed E-state index contributed by atoms with van der Waals surface area (Å²) in [6, 6.07) is 12.3. The molecule has 0 spiro atoms. The van der Waals surface area contributed by atoms with E-state index in [1.807, 2.05) is 24.3 Å². The van der Waals surface area contributed by atoms with E-state index in [0.29, 0.717) is 5.76 Å². The number of pyridine rings is 1. The summed E-state index contributed by atoms with van der Waals surface area (Å²) in [5.41, 5.74) is 1.63. The summed E-state index contributed by atoms with van der Waals surface area (Å²) in [5.74, 6) is 0.214. The van der Waals surface area contributed by atoms with Crippen molar-refractivity contribution in [2.24, 2.45) is 0 Å². The van der Waals surface area contributed by atoms with Gasteiger partial charge in [0.25, 0.3) is 0 Å². The van der Waals surface area contributed by atoms with Crippen LogP contribution in [0.2, 0.25) is 0 Å². The third kappa shape index (κ3) is 1.62. The van der Waals surface area contributed by atoms with E-state index in [2.05, 4.69) is 4.98 Å². The van der Waals surface area contributed by atoms with Crippen LogP contribution in [-0.4, -0.2) is 9.91 Å². The monoisotopic (exact) mass is 240 g/mol. The van der Waals surface area contributed by atoms with Crippen molar-refractivity contribution in [2.75, 3.05) is 0 Å². The topological polar surface area (TPSA) is 69.2 Å². The minimum Gasteiger partial charge on any atom is -0.401 e. The van der Waals surface area contributed by atoms with Crippen LogP contribution in [0.3, 0.4) is 0 Å². The van der Waals surface area contributed by atoms with Gasteiger partial charge in [-0.1, -0.05) is 18.2 Å². The first-order valence-electron chi connectivity index (χ1n) is 5.34. The molecule has 0 unspecified atom stereocenters. The largest absolute Gasteiger partial charge is 0.433 e. The summed E-state index contributed by atoms with van der Waals surface area (Å²) in [5, 5.41) is 11.5. The number of benzene rings is 1. The minimum absolute atomic E-state index is 0.258. The van der Waals surface area contributed by atoms with Crippen molar-refractivity contribution in [3.63, 3.8) is 0 Å². The summed E-state index contributed by atoms with van der Waals surface area (Å²) in [6.45, 7) is 0. The summed E-state index contributed by atoms with van der Waals surface area (Å²) < 4.78 is 5.21. The van der Waals surface area contributed by atoms with E-state index in [-0.39, 0.29) is 5.88 Å². The summed E-state index contributed by atoms with van der Waals surface area (Å²) in [6.07, 6.45) is 1.66. The van der Waals surface area contributed by atoms with Gasteiger partial charge in [0.1, 0.15) is 10.7 Å². The summed E-state index contributed by atoms with van der Waals surface area (Å²) in [4.78, 5) is 14.3. The second-order valence-corrected chi connectivity index (χ2v) is 3.77. The maximum absolute atomic E-state index is 10.6. The number of furan rings is 1. The van der Waals surface area contributed by atoms with E-state index in [0.717, 1.165) is 16.5 Å². The molecule has 0 amide bonds. The highest BCUT2D eigenvalue weighted by molar-refractivity contribution is 5.92. The Labute approximate surface area is 102 Å². The SMILES string of the molecule is O=[N+]([O-])c1ccc(-c2ccnc3ccccc23)o1. The lowest BCUT2D eigenvalue weighted by molar-refractivity contribution is -0.401. The van der Waals surface area contributed by atoms with Crippen LogP contribution in [0.1, 0.15) is 0 Å². The fourth-order valence-corrected chi connectivity index (χ4v) is 1.88. The standard InChI is InChI=1S/C13H8N2O3/c16-15(17)13-6-5-12(18-13)10-7-8-14-11-4-2-1-3-9(10)11/h1-8H. The zero-order valence-electron chi connectivity index (χ0n) is 9.24. The van der Waals surface area contributed by atoms with Crippen LogP contribution < -0.4 is 0 Å². The molecule has 2 aromatic heterocycles. The summed E-state index contributed by atoms with van der Waals surface area (Å²) >= 11 is 0. The van der Waals surface area contributed by atoms with E-state index in [1.54, 1.807) is 18.3 Å². The van der Waals surface area contributed by atoms with Crippen molar-refractivity contribution in [2.45, 2.75) is 0 Å².